The number of carbonyl (C=O) groups is 1. The zero-order chi connectivity index (χ0) is 11.5. The van der Waals surface area contributed by atoms with Gasteiger partial charge in [-0.3, -0.25) is 0 Å². The van der Waals surface area contributed by atoms with Crippen LogP contribution in [0, 0.1) is 0 Å². The van der Waals surface area contributed by atoms with E-state index < -0.39 is 5.97 Å². The van der Waals surface area contributed by atoms with Gasteiger partial charge >= 0.3 is 5.97 Å². The number of nitrogens with two attached hydrogens (primary N) is 1. The highest BCUT2D eigenvalue weighted by molar-refractivity contribution is 5.99. The van der Waals surface area contributed by atoms with Crippen molar-refractivity contribution in [3.63, 3.8) is 0 Å². The third kappa shape index (κ3) is 1.81. The van der Waals surface area contributed by atoms with E-state index in [1.807, 2.05) is 4.90 Å². The fourth-order valence-electron chi connectivity index (χ4n) is 1.68. The first-order chi connectivity index (χ1) is 7.74. The van der Waals surface area contributed by atoms with Gasteiger partial charge in [-0.2, -0.15) is 0 Å². The molecule has 3 N–H and O–H groups in total. The second-order valence-electron chi connectivity index (χ2n) is 3.47. The molecule has 16 heavy (non-hydrogen) atoms. The number of nitrogen functional groups attached to an aromatic ring is 1. The summed E-state index contributed by atoms with van der Waals surface area (Å²) in [7, 11) is 1.30. The van der Waals surface area contributed by atoms with E-state index >= 15 is 0 Å². The van der Waals surface area contributed by atoms with Gasteiger partial charge in [0.2, 0.25) is 5.88 Å². The zero-order valence-corrected chi connectivity index (χ0v) is 9.02. The van der Waals surface area contributed by atoms with Crippen molar-refractivity contribution in [1.29, 1.82) is 0 Å². The number of nitrogens with zero attached hydrogens (tertiary/aromatic N) is 2. The van der Waals surface area contributed by atoms with Crippen LogP contribution in [0.25, 0.3) is 0 Å². The minimum absolute atomic E-state index is 0.000354. The molecule has 0 unspecified atom stereocenters. The average Bonchev–Trinajstić information content (AvgIpc) is 2.71. The zero-order valence-electron chi connectivity index (χ0n) is 9.02. The van der Waals surface area contributed by atoms with Gasteiger partial charge in [0.1, 0.15) is 0 Å². The second-order valence-corrected chi connectivity index (χ2v) is 3.47. The molecule has 1 aromatic heterocycles. The minimum atomic E-state index is -0.521. The van der Waals surface area contributed by atoms with Crippen molar-refractivity contribution in [3.8, 4) is 0 Å². The smallest absolute Gasteiger partial charge is 0.347 e. The molecule has 0 aliphatic carbocycles. The molecule has 0 spiro atoms. The lowest BCUT2D eigenvalue weighted by Gasteiger charge is -2.27. The number of anilines is 2. The highest BCUT2D eigenvalue weighted by atomic mass is 16.5. The van der Waals surface area contributed by atoms with Crippen LogP contribution in [0.2, 0.25) is 0 Å². The standard InChI is InChI=1S/C9H14N4O3/c1-15-9(14)6-7(10)16-12-8(6)13-4-2-11-3-5-13/h11H,2-5,10H2,1H3. The summed E-state index contributed by atoms with van der Waals surface area (Å²) in [6.07, 6.45) is 0. The topological polar surface area (TPSA) is 93.6 Å². The predicted molar refractivity (Wildman–Crippen MR) is 57.3 cm³/mol. The number of rotatable bonds is 2. The molecule has 1 aliphatic rings. The third-order valence-electron chi connectivity index (χ3n) is 2.51. The summed E-state index contributed by atoms with van der Waals surface area (Å²) in [4.78, 5) is 13.5. The van der Waals surface area contributed by atoms with Crippen molar-refractivity contribution in [1.82, 2.24) is 10.5 Å². The van der Waals surface area contributed by atoms with Crippen LogP contribution in [-0.2, 0) is 4.74 Å². The van der Waals surface area contributed by atoms with Crippen LogP contribution in [0.5, 0.6) is 0 Å². The number of methoxy groups -OCH3 is 1. The molecule has 7 nitrogen and oxygen atoms in total. The van der Waals surface area contributed by atoms with Gasteiger partial charge in [0.15, 0.2) is 11.4 Å². The Balaban J connectivity index is 2.29. The summed E-state index contributed by atoms with van der Waals surface area (Å²) in [5.41, 5.74) is 5.76. The van der Waals surface area contributed by atoms with Crippen molar-refractivity contribution >= 4 is 17.7 Å². The van der Waals surface area contributed by atoms with Gasteiger partial charge in [-0.15, -0.1) is 0 Å². The van der Waals surface area contributed by atoms with Crippen molar-refractivity contribution in [2.75, 3.05) is 43.9 Å². The molecule has 1 saturated heterocycles. The number of carbonyl (C=O) groups excluding carboxylic acids is 1. The Morgan fingerprint density at radius 3 is 2.88 bits per heavy atom. The minimum Gasteiger partial charge on any atom is -0.465 e. The summed E-state index contributed by atoms with van der Waals surface area (Å²) in [6.45, 7) is 3.20. The van der Waals surface area contributed by atoms with Crippen LogP contribution in [0.15, 0.2) is 4.52 Å². The van der Waals surface area contributed by atoms with Crippen LogP contribution in [-0.4, -0.2) is 44.4 Å². The molecule has 0 atom stereocenters. The van der Waals surface area contributed by atoms with E-state index in [4.69, 9.17) is 10.3 Å². The molecule has 0 saturated carbocycles. The van der Waals surface area contributed by atoms with Crippen LogP contribution < -0.4 is 16.0 Å². The Morgan fingerprint density at radius 1 is 1.56 bits per heavy atom. The van der Waals surface area contributed by atoms with Crippen molar-refractivity contribution < 1.29 is 14.1 Å². The Kier molecular flexibility index (Phi) is 2.95. The van der Waals surface area contributed by atoms with E-state index in [9.17, 15) is 4.79 Å². The molecule has 0 aromatic carbocycles. The molecule has 0 bridgehead atoms. The Hall–Kier alpha value is -1.76. The molecule has 1 fully saturated rings. The molecule has 1 aromatic rings. The number of esters is 1. The maximum Gasteiger partial charge on any atom is 0.347 e. The highest BCUT2D eigenvalue weighted by Gasteiger charge is 2.26. The summed E-state index contributed by atoms with van der Waals surface area (Å²) in [6, 6.07) is 0. The SMILES string of the molecule is COC(=O)c1c(N2CCNCC2)noc1N. The van der Waals surface area contributed by atoms with Gasteiger partial charge in [-0.25, -0.2) is 4.79 Å². The van der Waals surface area contributed by atoms with E-state index in [2.05, 4.69) is 15.2 Å². The summed E-state index contributed by atoms with van der Waals surface area (Å²) < 4.78 is 9.48. The van der Waals surface area contributed by atoms with E-state index in [0.29, 0.717) is 5.82 Å². The Morgan fingerprint density at radius 2 is 2.25 bits per heavy atom. The van der Waals surface area contributed by atoms with Crippen LogP contribution in [0.3, 0.4) is 0 Å². The maximum atomic E-state index is 11.5. The number of ether oxygens (including phenoxy) is 1. The Labute approximate surface area is 92.5 Å². The first-order valence-corrected chi connectivity index (χ1v) is 5.03. The number of piperazine rings is 1. The largest absolute Gasteiger partial charge is 0.465 e. The summed E-state index contributed by atoms with van der Waals surface area (Å²) in [5, 5.41) is 7.01. The van der Waals surface area contributed by atoms with E-state index in [1.54, 1.807) is 0 Å². The number of aromatic nitrogens is 1. The molecular formula is C9H14N4O3. The molecular weight excluding hydrogens is 212 g/mol. The van der Waals surface area contributed by atoms with Crippen LogP contribution in [0.4, 0.5) is 11.7 Å². The summed E-state index contributed by atoms with van der Waals surface area (Å²) >= 11 is 0. The number of nitrogens with one attached hydrogen (secondary N) is 1. The average molecular weight is 226 g/mol. The molecule has 1 aliphatic heterocycles. The van der Waals surface area contributed by atoms with Gasteiger partial charge < -0.3 is 25.2 Å². The molecule has 2 rings (SSSR count). The van der Waals surface area contributed by atoms with Crippen molar-refractivity contribution in [3.05, 3.63) is 5.56 Å². The van der Waals surface area contributed by atoms with Gasteiger partial charge in [0.05, 0.1) is 7.11 Å². The number of hydrogen-bond acceptors (Lipinski definition) is 7. The normalized spacial score (nSPS) is 16.2. The third-order valence-corrected chi connectivity index (χ3v) is 2.51. The summed E-state index contributed by atoms with van der Waals surface area (Å²) in [5.74, 6) is -0.0569. The second kappa shape index (κ2) is 4.40. The maximum absolute atomic E-state index is 11.5. The van der Waals surface area contributed by atoms with E-state index in [1.165, 1.54) is 7.11 Å². The number of hydrogen-bond donors (Lipinski definition) is 2. The highest BCUT2D eigenvalue weighted by Crippen LogP contribution is 2.25. The van der Waals surface area contributed by atoms with Crippen LogP contribution in [0.1, 0.15) is 10.4 Å². The van der Waals surface area contributed by atoms with Gasteiger partial charge in [0.25, 0.3) is 0 Å². The quantitative estimate of drug-likeness (QED) is 0.653. The predicted octanol–water partition coefficient (Wildman–Crippen LogP) is -0.547. The molecule has 0 amide bonds. The van der Waals surface area contributed by atoms with Crippen LogP contribution >= 0.6 is 0 Å². The molecule has 0 radical (unpaired) electrons. The van der Waals surface area contributed by atoms with Crippen molar-refractivity contribution in [2.24, 2.45) is 0 Å². The lowest BCUT2D eigenvalue weighted by atomic mass is 10.2. The van der Waals surface area contributed by atoms with Gasteiger partial charge in [-0.05, 0) is 0 Å². The van der Waals surface area contributed by atoms with E-state index in [-0.39, 0.29) is 11.4 Å². The first-order valence-electron chi connectivity index (χ1n) is 5.03. The monoisotopic (exact) mass is 226 g/mol. The van der Waals surface area contributed by atoms with E-state index in [0.717, 1.165) is 26.2 Å². The van der Waals surface area contributed by atoms with Gasteiger partial charge in [-0.1, -0.05) is 5.16 Å². The fraction of sp³-hybridized carbons (Fsp3) is 0.556. The molecule has 7 heteroatoms. The fourth-order valence-corrected chi connectivity index (χ4v) is 1.68. The molecule has 88 valence electrons. The lowest BCUT2D eigenvalue weighted by molar-refractivity contribution is 0.0602. The molecule has 2 heterocycles. The van der Waals surface area contributed by atoms with Crippen molar-refractivity contribution in [2.45, 2.75) is 0 Å². The van der Waals surface area contributed by atoms with Gasteiger partial charge in [0, 0.05) is 26.2 Å². The Bertz CT molecular complexity index is 384. The first kappa shape index (κ1) is 10.7. The lowest BCUT2D eigenvalue weighted by Crippen LogP contribution is -2.44.